The van der Waals surface area contributed by atoms with Crippen molar-refractivity contribution in [3.63, 3.8) is 0 Å². The zero-order chi connectivity index (χ0) is 21.4. The Morgan fingerprint density at radius 2 is 0.964 bits per heavy atom. The van der Waals surface area contributed by atoms with Crippen LogP contribution in [-0.4, -0.2) is 24.9 Å². The predicted molar refractivity (Wildman–Crippen MR) is 120 cm³/mol. The summed E-state index contributed by atoms with van der Waals surface area (Å²) >= 11 is 0. The van der Waals surface area contributed by atoms with Crippen LogP contribution in [0.1, 0.15) is 67.2 Å². The van der Waals surface area contributed by atoms with Gasteiger partial charge in [-0.3, -0.25) is 9.59 Å². The molecule has 0 aliphatic heterocycles. The van der Waals surface area contributed by atoms with Crippen molar-refractivity contribution in [3.05, 3.63) is 58.7 Å². The monoisotopic (exact) mass is 386 g/mol. The van der Waals surface area contributed by atoms with Gasteiger partial charge in [0.1, 0.15) is 0 Å². The third kappa shape index (κ3) is 17.1. The van der Waals surface area contributed by atoms with E-state index in [-0.39, 0.29) is 11.8 Å². The second kappa shape index (κ2) is 15.7. The minimum atomic E-state index is -0.267. The van der Waals surface area contributed by atoms with Crippen LogP contribution in [0.25, 0.3) is 0 Å². The second-order valence-corrected chi connectivity index (χ2v) is 7.56. The molecule has 0 atom stereocenters. The predicted octanol–water partition coefficient (Wildman–Crippen LogP) is 5.16. The number of allylic oxidation sites excluding steroid dienone is 6. The van der Waals surface area contributed by atoms with Crippen LogP contribution in [-0.2, 0) is 9.59 Å². The highest BCUT2D eigenvalue weighted by molar-refractivity contribution is 5.96. The van der Waals surface area contributed by atoms with Crippen molar-refractivity contribution in [2.45, 2.75) is 67.2 Å². The Morgan fingerprint density at radius 1 is 0.607 bits per heavy atom. The van der Waals surface area contributed by atoms with E-state index in [4.69, 9.17) is 0 Å². The molecule has 0 saturated heterocycles. The number of amides is 2. The van der Waals surface area contributed by atoms with Crippen LogP contribution in [0.5, 0.6) is 0 Å². The van der Waals surface area contributed by atoms with Gasteiger partial charge >= 0.3 is 0 Å². The van der Waals surface area contributed by atoms with E-state index in [0.29, 0.717) is 13.1 Å². The standard InChI is InChI=1S/C24H38N2O2/c1-19(2)9-7-11-21(5)15-17-25-23(27)13-14-24(28)26-18-16-22(6)12-8-10-20(3)4/h9-10,13-16H,7-8,11-12,17-18H2,1-6H3,(H,25,27)(H,26,28)/b14-13+,21-15+,22-16+. The maximum absolute atomic E-state index is 11.8. The van der Waals surface area contributed by atoms with Crippen molar-refractivity contribution in [2.75, 3.05) is 13.1 Å². The quantitative estimate of drug-likeness (QED) is 0.359. The first-order valence-electron chi connectivity index (χ1n) is 10.0. The second-order valence-electron chi connectivity index (χ2n) is 7.56. The van der Waals surface area contributed by atoms with Gasteiger partial charge in [-0.05, 0) is 67.2 Å². The maximum atomic E-state index is 11.8. The molecular weight excluding hydrogens is 348 g/mol. The van der Waals surface area contributed by atoms with E-state index in [2.05, 4.69) is 64.3 Å². The molecule has 0 saturated carbocycles. The third-order valence-electron chi connectivity index (χ3n) is 4.02. The Hall–Kier alpha value is -2.36. The highest BCUT2D eigenvalue weighted by Crippen LogP contribution is 2.06. The van der Waals surface area contributed by atoms with Crippen molar-refractivity contribution in [3.8, 4) is 0 Å². The minimum absolute atomic E-state index is 0.267. The summed E-state index contributed by atoms with van der Waals surface area (Å²) in [7, 11) is 0. The summed E-state index contributed by atoms with van der Waals surface area (Å²) in [5.74, 6) is -0.533. The molecule has 0 bridgehead atoms. The summed E-state index contributed by atoms with van der Waals surface area (Å²) < 4.78 is 0. The summed E-state index contributed by atoms with van der Waals surface area (Å²) in [5, 5.41) is 5.52. The Labute approximate surface area is 171 Å². The number of nitrogens with one attached hydrogen (secondary N) is 2. The molecule has 0 aromatic rings. The van der Waals surface area contributed by atoms with Gasteiger partial charge in [0.15, 0.2) is 0 Å². The molecule has 0 unspecified atom stereocenters. The highest BCUT2D eigenvalue weighted by Gasteiger charge is 1.97. The molecule has 2 amide bonds. The molecule has 0 radical (unpaired) electrons. The van der Waals surface area contributed by atoms with Crippen molar-refractivity contribution in [2.24, 2.45) is 0 Å². The van der Waals surface area contributed by atoms with E-state index in [9.17, 15) is 9.59 Å². The molecule has 0 spiro atoms. The lowest BCUT2D eigenvalue weighted by Crippen LogP contribution is -2.24. The fourth-order valence-electron chi connectivity index (χ4n) is 2.30. The van der Waals surface area contributed by atoms with Gasteiger partial charge in [0, 0.05) is 25.2 Å². The van der Waals surface area contributed by atoms with Crippen LogP contribution in [0.4, 0.5) is 0 Å². The number of hydrogen-bond donors (Lipinski definition) is 2. The topological polar surface area (TPSA) is 58.2 Å². The lowest BCUT2D eigenvalue weighted by Gasteiger charge is -2.02. The van der Waals surface area contributed by atoms with Crippen LogP contribution in [0.2, 0.25) is 0 Å². The Balaban J connectivity index is 4.08. The fraction of sp³-hybridized carbons (Fsp3) is 0.500. The molecule has 4 heteroatoms. The summed E-state index contributed by atoms with van der Waals surface area (Å²) in [4.78, 5) is 23.5. The lowest BCUT2D eigenvalue weighted by atomic mass is 10.1. The number of rotatable bonds is 12. The largest absolute Gasteiger partial charge is 0.349 e. The molecule has 156 valence electrons. The lowest BCUT2D eigenvalue weighted by molar-refractivity contribution is -0.118. The zero-order valence-corrected chi connectivity index (χ0v) is 18.5. The van der Waals surface area contributed by atoms with Gasteiger partial charge in [0.25, 0.3) is 0 Å². The number of hydrogen-bond acceptors (Lipinski definition) is 2. The van der Waals surface area contributed by atoms with E-state index in [1.807, 2.05) is 12.2 Å². The van der Waals surface area contributed by atoms with E-state index in [1.54, 1.807) is 0 Å². The Morgan fingerprint density at radius 3 is 1.29 bits per heavy atom. The first-order chi connectivity index (χ1) is 13.2. The van der Waals surface area contributed by atoms with Gasteiger partial charge in [0.05, 0.1) is 0 Å². The van der Waals surface area contributed by atoms with Gasteiger partial charge in [-0.25, -0.2) is 0 Å². The van der Waals surface area contributed by atoms with Crippen molar-refractivity contribution >= 4 is 11.8 Å². The van der Waals surface area contributed by atoms with E-state index >= 15 is 0 Å². The minimum Gasteiger partial charge on any atom is -0.349 e. The Bertz CT molecular complexity index is 586. The molecule has 28 heavy (non-hydrogen) atoms. The Kier molecular flexibility index (Phi) is 14.4. The molecule has 0 aliphatic carbocycles. The molecule has 0 aromatic heterocycles. The van der Waals surface area contributed by atoms with Gasteiger partial charge in [-0.15, -0.1) is 0 Å². The average molecular weight is 387 g/mol. The summed E-state index contributed by atoms with van der Waals surface area (Å²) in [6, 6.07) is 0. The van der Waals surface area contributed by atoms with Gasteiger partial charge < -0.3 is 10.6 Å². The van der Waals surface area contributed by atoms with Crippen LogP contribution in [0, 0.1) is 0 Å². The third-order valence-corrected chi connectivity index (χ3v) is 4.02. The average Bonchev–Trinajstić information content (AvgIpc) is 2.59. The number of carbonyl (C=O) groups excluding carboxylic acids is 2. The molecular formula is C24H38N2O2. The molecule has 0 aliphatic rings. The molecule has 0 fully saturated rings. The van der Waals surface area contributed by atoms with Crippen molar-refractivity contribution in [1.82, 2.24) is 10.6 Å². The normalized spacial score (nSPS) is 11.9. The van der Waals surface area contributed by atoms with Crippen LogP contribution < -0.4 is 10.6 Å². The van der Waals surface area contributed by atoms with E-state index < -0.39 is 0 Å². The maximum Gasteiger partial charge on any atom is 0.244 e. The van der Waals surface area contributed by atoms with Crippen LogP contribution in [0.15, 0.2) is 58.7 Å². The van der Waals surface area contributed by atoms with E-state index in [1.165, 1.54) is 34.4 Å². The summed E-state index contributed by atoms with van der Waals surface area (Å²) in [5.41, 5.74) is 5.12. The van der Waals surface area contributed by atoms with Gasteiger partial charge in [-0.1, -0.05) is 46.6 Å². The highest BCUT2D eigenvalue weighted by atomic mass is 16.2. The summed E-state index contributed by atoms with van der Waals surface area (Å²) in [6.45, 7) is 13.4. The first kappa shape index (κ1) is 25.6. The first-order valence-corrected chi connectivity index (χ1v) is 10.0. The molecule has 0 rings (SSSR count). The van der Waals surface area contributed by atoms with Gasteiger partial charge in [0.2, 0.25) is 11.8 Å². The van der Waals surface area contributed by atoms with Gasteiger partial charge in [-0.2, -0.15) is 0 Å². The van der Waals surface area contributed by atoms with Crippen molar-refractivity contribution < 1.29 is 9.59 Å². The molecule has 0 aromatic carbocycles. The SMILES string of the molecule is CC(C)=CCC/C(C)=C/CNC(=O)/C=C/C(=O)NC/C=C(\C)CCC=C(C)C. The molecule has 0 heterocycles. The molecule has 2 N–H and O–H groups in total. The van der Waals surface area contributed by atoms with Crippen molar-refractivity contribution in [1.29, 1.82) is 0 Å². The summed E-state index contributed by atoms with van der Waals surface area (Å²) in [6.07, 6.45) is 15.0. The van der Waals surface area contributed by atoms with E-state index in [0.717, 1.165) is 25.7 Å². The van der Waals surface area contributed by atoms with Crippen LogP contribution in [0.3, 0.4) is 0 Å². The fourth-order valence-corrected chi connectivity index (χ4v) is 2.30. The van der Waals surface area contributed by atoms with Crippen LogP contribution >= 0.6 is 0 Å². The smallest absolute Gasteiger partial charge is 0.244 e. The number of carbonyl (C=O) groups is 2. The zero-order valence-electron chi connectivity index (χ0n) is 18.5. The molecule has 4 nitrogen and oxygen atoms in total.